The summed E-state index contributed by atoms with van der Waals surface area (Å²) in [5.41, 5.74) is 8.06. The van der Waals surface area contributed by atoms with Crippen LogP contribution in [-0.4, -0.2) is 11.0 Å². The highest BCUT2D eigenvalue weighted by Gasteiger charge is 1.99. The Morgan fingerprint density at radius 2 is 2.13 bits per heavy atom. The van der Waals surface area contributed by atoms with Crippen molar-refractivity contribution in [2.45, 2.75) is 25.8 Å². The van der Waals surface area contributed by atoms with Crippen molar-refractivity contribution in [3.8, 4) is 0 Å². The van der Waals surface area contributed by atoms with Gasteiger partial charge in [0, 0.05) is 17.6 Å². The number of aryl methyl sites for hydroxylation is 1. The van der Waals surface area contributed by atoms with Gasteiger partial charge in [0.05, 0.1) is 5.52 Å². The van der Waals surface area contributed by atoms with E-state index in [1.165, 1.54) is 10.9 Å². The second-order valence-corrected chi connectivity index (χ2v) is 4.05. The second kappa shape index (κ2) is 4.41. The number of hydrogen-bond donors (Lipinski definition) is 1. The molecular formula is C13H16N2. The molecular weight excluding hydrogens is 184 g/mol. The fraction of sp³-hybridized carbons (Fsp3) is 0.308. The Bertz CT molecular complexity index is 449. The highest BCUT2D eigenvalue weighted by atomic mass is 14.6. The van der Waals surface area contributed by atoms with E-state index in [2.05, 4.69) is 17.1 Å². The molecule has 0 saturated carbocycles. The van der Waals surface area contributed by atoms with Gasteiger partial charge in [-0.05, 0) is 37.5 Å². The number of pyridine rings is 1. The van der Waals surface area contributed by atoms with E-state index in [1.54, 1.807) is 0 Å². The molecule has 15 heavy (non-hydrogen) atoms. The van der Waals surface area contributed by atoms with Crippen molar-refractivity contribution in [1.29, 1.82) is 0 Å². The van der Waals surface area contributed by atoms with Crippen molar-refractivity contribution in [2.24, 2.45) is 5.73 Å². The Kier molecular flexibility index (Phi) is 2.97. The maximum atomic E-state index is 5.73. The molecule has 0 unspecified atom stereocenters. The number of benzene rings is 1. The molecule has 1 heterocycles. The molecule has 0 radical (unpaired) electrons. The second-order valence-electron chi connectivity index (χ2n) is 4.05. The predicted octanol–water partition coefficient (Wildman–Crippen LogP) is 2.51. The summed E-state index contributed by atoms with van der Waals surface area (Å²) in [4.78, 5) is 4.42. The van der Waals surface area contributed by atoms with E-state index in [1.807, 2.05) is 31.3 Å². The number of nitrogens with zero attached hydrogens (tertiary/aromatic N) is 1. The Morgan fingerprint density at radius 1 is 1.33 bits per heavy atom. The van der Waals surface area contributed by atoms with Gasteiger partial charge < -0.3 is 5.73 Å². The van der Waals surface area contributed by atoms with Gasteiger partial charge in [-0.2, -0.15) is 0 Å². The van der Waals surface area contributed by atoms with Gasteiger partial charge in [-0.25, -0.2) is 0 Å². The maximum Gasteiger partial charge on any atom is 0.0702 e. The highest BCUT2D eigenvalue weighted by Crippen LogP contribution is 2.13. The smallest absolute Gasteiger partial charge is 0.0702 e. The molecule has 1 aromatic heterocycles. The standard InChI is InChI=1S/C13H16N2/c1-10(14)6-7-11-8-12-4-2-3-5-13(12)15-9-11/h2-5,8-10H,6-7,14H2,1H3/t10-/m1/s1. The molecule has 0 saturated heterocycles. The van der Waals surface area contributed by atoms with Crippen molar-refractivity contribution in [3.63, 3.8) is 0 Å². The summed E-state index contributed by atoms with van der Waals surface area (Å²) in [7, 11) is 0. The third-order valence-electron chi connectivity index (χ3n) is 2.54. The topological polar surface area (TPSA) is 38.9 Å². The lowest BCUT2D eigenvalue weighted by Crippen LogP contribution is -2.15. The molecule has 0 aliphatic carbocycles. The Hall–Kier alpha value is -1.41. The van der Waals surface area contributed by atoms with Crippen LogP contribution < -0.4 is 5.73 Å². The molecule has 2 nitrogen and oxygen atoms in total. The Morgan fingerprint density at radius 3 is 2.93 bits per heavy atom. The number of aromatic nitrogens is 1. The summed E-state index contributed by atoms with van der Waals surface area (Å²) in [5.74, 6) is 0. The van der Waals surface area contributed by atoms with Gasteiger partial charge in [0.15, 0.2) is 0 Å². The van der Waals surface area contributed by atoms with Gasteiger partial charge in [0.2, 0.25) is 0 Å². The van der Waals surface area contributed by atoms with Gasteiger partial charge in [0.1, 0.15) is 0 Å². The lowest BCUT2D eigenvalue weighted by Gasteiger charge is -2.05. The Balaban J connectivity index is 2.23. The third-order valence-corrected chi connectivity index (χ3v) is 2.54. The number of nitrogens with two attached hydrogens (primary N) is 1. The molecule has 2 rings (SSSR count). The third kappa shape index (κ3) is 2.54. The Labute approximate surface area is 90.1 Å². The van der Waals surface area contributed by atoms with Crippen LogP contribution in [0.15, 0.2) is 36.5 Å². The molecule has 0 fully saturated rings. The average molecular weight is 200 g/mol. The van der Waals surface area contributed by atoms with Crippen LogP contribution in [0.5, 0.6) is 0 Å². The van der Waals surface area contributed by atoms with Gasteiger partial charge in [0.25, 0.3) is 0 Å². The van der Waals surface area contributed by atoms with Gasteiger partial charge >= 0.3 is 0 Å². The molecule has 0 spiro atoms. The minimum absolute atomic E-state index is 0.261. The minimum atomic E-state index is 0.261. The first kappa shape index (κ1) is 10.1. The van der Waals surface area contributed by atoms with Gasteiger partial charge in [-0.1, -0.05) is 18.2 Å². The van der Waals surface area contributed by atoms with E-state index in [-0.39, 0.29) is 6.04 Å². The van der Waals surface area contributed by atoms with Crippen molar-refractivity contribution in [2.75, 3.05) is 0 Å². The average Bonchev–Trinajstić information content (AvgIpc) is 2.26. The van der Waals surface area contributed by atoms with E-state index in [0.29, 0.717) is 0 Å². The lowest BCUT2D eigenvalue weighted by atomic mass is 10.1. The fourth-order valence-corrected chi connectivity index (χ4v) is 1.65. The highest BCUT2D eigenvalue weighted by molar-refractivity contribution is 5.78. The van der Waals surface area contributed by atoms with Crippen LogP contribution in [0, 0.1) is 0 Å². The van der Waals surface area contributed by atoms with Crippen LogP contribution in [-0.2, 0) is 6.42 Å². The summed E-state index contributed by atoms with van der Waals surface area (Å²) in [5, 5.41) is 1.21. The molecule has 78 valence electrons. The van der Waals surface area contributed by atoms with E-state index >= 15 is 0 Å². The summed E-state index contributed by atoms with van der Waals surface area (Å²) in [6, 6.07) is 10.6. The molecule has 1 aromatic carbocycles. The molecule has 0 aliphatic rings. The van der Waals surface area contributed by atoms with E-state index in [9.17, 15) is 0 Å². The zero-order chi connectivity index (χ0) is 10.7. The van der Waals surface area contributed by atoms with Crippen LogP contribution in [0.1, 0.15) is 18.9 Å². The number of hydrogen-bond acceptors (Lipinski definition) is 2. The van der Waals surface area contributed by atoms with Crippen LogP contribution in [0.2, 0.25) is 0 Å². The zero-order valence-corrected chi connectivity index (χ0v) is 8.98. The van der Waals surface area contributed by atoms with E-state index in [4.69, 9.17) is 5.73 Å². The van der Waals surface area contributed by atoms with Crippen LogP contribution in [0.3, 0.4) is 0 Å². The monoisotopic (exact) mass is 200 g/mol. The molecule has 0 amide bonds. The van der Waals surface area contributed by atoms with Crippen molar-refractivity contribution in [3.05, 3.63) is 42.1 Å². The SMILES string of the molecule is C[C@@H](N)CCc1cnc2ccccc2c1. The summed E-state index contributed by atoms with van der Waals surface area (Å²) in [6.07, 6.45) is 3.97. The fourth-order valence-electron chi connectivity index (χ4n) is 1.65. The van der Waals surface area contributed by atoms with E-state index < -0.39 is 0 Å². The first-order chi connectivity index (χ1) is 7.25. The summed E-state index contributed by atoms with van der Waals surface area (Å²) in [6.45, 7) is 2.04. The number of rotatable bonds is 3. The summed E-state index contributed by atoms with van der Waals surface area (Å²) < 4.78 is 0. The lowest BCUT2D eigenvalue weighted by molar-refractivity contribution is 0.665. The number of para-hydroxylation sites is 1. The molecule has 2 N–H and O–H groups in total. The van der Waals surface area contributed by atoms with Gasteiger partial charge in [-0.15, -0.1) is 0 Å². The van der Waals surface area contributed by atoms with Crippen molar-refractivity contribution >= 4 is 10.9 Å². The molecule has 0 bridgehead atoms. The van der Waals surface area contributed by atoms with Crippen LogP contribution >= 0.6 is 0 Å². The first-order valence-electron chi connectivity index (χ1n) is 5.35. The number of fused-ring (bicyclic) bond motifs is 1. The van der Waals surface area contributed by atoms with Gasteiger partial charge in [-0.3, -0.25) is 4.98 Å². The van der Waals surface area contributed by atoms with Crippen molar-refractivity contribution < 1.29 is 0 Å². The predicted molar refractivity (Wildman–Crippen MR) is 63.7 cm³/mol. The maximum absolute atomic E-state index is 5.73. The first-order valence-corrected chi connectivity index (χ1v) is 5.35. The largest absolute Gasteiger partial charge is 0.328 e. The van der Waals surface area contributed by atoms with Crippen molar-refractivity contribution in [1.82, 2.24) is 4.98 Å². The normalized spacial score (nSPS) is 12.9. The quantitative estimate of drug-likeness (QED) is 0.826. The van der Waals surface area contributed by atoms with E-state index in [0.717, 1.165) is 18.4 Å². The van der Waals surface area contributed by atoms with Crippen LogP contribution in [0.4, 0.5) is 0 Å². The summed E-state index contributed by atoms with van der Waals surface area (Å²) >= 11 is 0. The molecule has 0 aliphatic heterocycles. The van der Waals surface area contributed by atoms with Crippen LogP contribution in [0.25, 0.3) is 10.9 Å². The zero-order valence-electron chi connectivity index (χ0n) is 8.98. The minimum Gasteiger partial charge on any atom is -0.328 e. The molecule has 1 atom stereocenters. The molecule has 2 heteroatoms. The molecule has 2 aromatic rings.